The van der Waals surface area contributed by atoms with Crippen LogP contribution in [0.3, 0.4) is 0 Å². The van der Waals surface area contributed by atoms with Gasteiger partial charge < -0.3 is 5.11 Å². The van der Waals surface area contributed by atoms with E-state index in [0.717, 1.165) is 31.0 Å². The molecule has 0 radical (unpaired) electrons. The zero-order valence-corrected chi connectivity index (χ0v) is 9.41. The molecule has 1 N–H and O–H groups in total. The molecular formula is C13H16FNO. The average molecular weight is 221 g/mol. The van der Waals surface area contributed by atoms with Crippen molar-refractivity contribution in [2.45, 2.75) is 38.2 Å². The molecule has 1 aromatic rings. The second-order valence-electron chi connectivity index (χ2n) is 4.41. The van der Waals surface area contributed by atoms with Crippen LogP contribution < -0.4 is 0 Å². The van der Waals surface area contributed by atoms with Crippen LogP contribution in [0.2, 0.25) is 0 Å². The fraction of sp³-hybridized carbons (Fsp3) is 0.462. The summed E-state index contributed by atoms with van der Waals surface area (Å²) in [4.78, 5) is 3.96. The zero-order chi connectivity index (χ0) is 11.6. The number of rotatable bonds is 2. The molecule has 0 saturated carbocycles. The van der Waals surface area contributed by atoms with Crippen molar-refractivity contribution in [2.24, 2.45) is 0 Å². The number of pyridine rings is 1. The normalized spacial score (nSPS) is 20.1. The summed E-state index contributed by atoms with van der Waals surface area (Å²) in [6.45, 7) is 1.73. The first-order valence-electron chi connectivity index (χ1n) is 5.64. The van der Waals surface area contributed by atoms with Crippen molar-refractivity contribution < 1.29 is 9.50 Å². The van der Waals surface area contributed by atoms with Crippen LogP contribution in [0.15, 0.2) is 30.0 Å². The minimum Gasteiger partial charge on any atom is -0.379 e. The van der Waals surface area contributed by atoms with Crippen molar-refractivity contribution in [3.05, 3.63) is 41.5 Å². The third-order valence-corrected chi connectivity index (χ3v) is 3.14. The van der Waals surface area contributed by atoms with Gasteiger partial charge in [-0.3, -0.25) is 4.98 Å². The summed E-state index contributed by atoms with van der Waals surface area (Å²) in [5.41, 5.74) is 0.452. The molecule has 1 aromatic heterocycles. The summed E-state index contributed by atoms with van der Waals surface area (Å²) in [5, 5.41) is 10.4. The Morgan fingerprint density at radius 1 is 1.38 bits per heavy atom. The van der Waals surface area contributed by atoms with E-state index in [1.807, 2.05) is 0 Å². The molecule has 1 unspecified atom stereocenters. The number of nitrogens with zero attached hydrogens (tertiary/aromatic N) is 1. The van der Waals surface area contributed by atoms with Crippen LogP contribution in [0.1, 0.15) is 38.3 Å². The Kier molecular flexibility index (Phi) is 3.06. The molecule has 3 heteroatoms. The van der Waals surface area contributed by atoms with Crippen LogP contribution in [-0.4, -0.2) is 10.1 Å². The third kappa shape index (κ3) is 2.14. The molecule has 1 heterocycles. The molecular weight excluding hydrogens is 205 g/mol. The van der Waals surface area contributed by atoms with Gasteiger partial charge in [0.1, 0.15) is 11.4 Å². The van der Waals surface area contributed by atoms with Crippen molar-refractivity contribution in [3.8, 4) is 0 Å². The Labute approximate surface area is 94.8 Å². The van der Waals surface area contributed by atoms with Crippen molar-refractivity contribution in [3.63, 3.8) is 0 Å². The van der Waals surface area contributed by atoms with Gasteiger partial charge in [0.15, 0.2) is 0 Å². The molecule has 1 atom stereocenters. The largest absolute Gasteiger partial charge is 0.379 e. The number of hydrogen-bond acceptors (Lipinski definition) is 2. The molecule has 0 spiro atoms. The van der Waals surface area contributed by atoms with E-state index in [2.05, 4.69) is 11.1 Å². The third-order valence-electron chi connectivity index (χ3n) is 3.14. The fourth-order valence-electron chi connectivity index (χ4n) is 2.11. The molecule has 86 valence electrons. The number of halogens is 1. The maximum Gasteiger partial charge on any atom is 0.141 e. The van der Waals surface area contributed by atoms with Crippen LogP contribution in [0.25, 0.3) is 0 Å². The highest BCUT2D eigenvalue weighted by atomic mass is 19.1. The van der Waals surface area contributed by atoms with Crippen LogP contribution >= 0.6 is 0 Å². The second-order valence-corrected chi connectivity index (χ2v) is 4.41. The highest BCUT2D eigenvalue weighted by Crippen LogP contribution is 2.33. The summed E-state index contributed by atoms with van der Waals surface area (Å²) < 4.78 is 12.8. The lowest BCUT2D eigenvalue weighted by Crippen LogP contribution is -2.26. The summed E-state index contributed by atoms with van der Waals surface area (Å²) in [6.07, 6.45) is 7.40. The quantitative estimate of drug-likeness (QED) is 0.779. The summed E-state index contributed by atoms with van der Waals surface area (Å²) in [7, 11) is 0. The predicted octanol–water partition coefficient (Wildman–Crippen LogP) is 2.93. The Morgan fingerprint density at radius 3 is 2.75 bits per heavy atom. The standard InChI is InChI=1S/C13H16FNO/c1-13(16,10-5-3-2-4-6-10)12-8-7-11(14)9-15-12/h5,7-9,16H,2-4,6H2,1H3. The smallest absolute Gasteiger partial charge is 0.141 e. The Morgan fingerprint density at radius 2 is 2.19 bits per heavy atom. The molecule has 1 aliphatic carbocycles. The Bertz CT molecular complexity index is 395. The summed E-state index contributed by atoms with van der Waals surface area (Å²) in [5.74, 6) is -0.378. The molecule has 0 aliphatic heterocycles. The zero-order valence-electron chi connectivity index (χ0n) is 9.41. The second kappa shape index (κ2) is 4.34. The number of allylic oxidation sites excluding steroid dienone is 1. The number of hydrogen-bond donors (Lipinski definition) is 1. The van der Waals surface area contributed by atoms with E-state index < -0.39 is 5.60 Å². The topological polar surface area (TPSA) is 33.1 Å². The Balaban J connectivity index is 2.30. The van der Waals surface area contributed by atoms with Gasteiger partial charge in [0.25, 0.3) is 0 Å². The van der Waals surface area contributed by atoms with Gasteiger partial charge in [-0.25, -0.2) is 4.39 Å². The molecule has 0 saturated heterocycles. The van der Waals surface area contributed by atoms with Crippen LogP contribution in [0.4, 0.5) is 4.39 Å². The molecule has 2 nitrogen and oxygen atoms in total. The SMILES string of the molecule is CC(O)(C1=CCCCC1)c1ccc(F)cn1. The van der Waals surface area contributed by atoms with Crippen molar-refractivity contribution in [2.75, 3.05) is 0 Å². The maximum atomic E-state index is 12.8. The van der Waals surface area contributed by atoms with Gasteiger partial charge in [0, 0.05) is 0 Å². The van der Waals surface area contributed by atoms with Gasteiger partial charge in [-0.1, -0.05) is 6.08 Å². The van der Waals surface area contributed by atoms with E-state index in [9.17, 15) is 9.50 Å². The maximum absolute atomic E-state index is 12.8. The highest BCUT2D eigenvalue weighted by molar-refractivity contribution is 5.27. The fourth-order valence-corrected chi connectivity index (χ4v) is 2.11. The van der Waals surface area contributed by atoms with Gasteiger partial charge in [0.2, 0.25) is 0 Å². The first-order valence-corrected chi connectivity index (χ1v) is 5.64. The molecule has 0 amide bonds. The van der Waals surface area contributed by atoms with E-state index in [1.54, 1.807) is 13.0 Å². The van der Waals surface area contributed by atoms with Gasteiger partial charge >= 0.3 is 0 Å². The molecule has 0 aromatic carbocycles. The lowest BCUT2D eigenvalue weighted by atomic mass is 9.84. The van der Waals surface area contributed by atoms with E-state index >= 15 is 0 Å². The number of aromatic nitrogens is 1. The minimum absolute atomic E-state index is 0.378. The van der Waals surface area contributed by atoms with E-state index in [1.165, 1.54) is 12.5 Å². The molecule has 0 bridgehead atoms. The van der Waals surface area contributed by atoms with E-state index in [4.69, 9.17) is 0 Å². The average Bonchev–Trinajstić information content (AvgIpc) is 2.31. The van der Waals surface area contributed by atoms with Gasteiger partial charge in [-0.05, 0) is 50.3 Å². The predicted molar refractivity (Wildman–Crippen MR) is 60.3 cm³/mol. The van der Waals surface area contributed by atoms with Crippen LogP contribution in [0, 0.1) is 5.82 Å². The molecule has 2 rings (SSSR count). The lowest BCUT2D eigenvalue weighted by Gasteiger charge is -2.28. The van der Waals surface area contributed by atoms with Crippen molar-refractivity contribution >= 4 is 0 Å². The summed E-state index contributed by atoms with van der Waals surface area (Å²) >= 11 is 0. The van der Waals surface area contributed by atoms with Crippen LogP contribution in [-0.2, 0) is 5.60 Å². The molecule has 1 aliphatic rings. The van der Waals surface area contributed by atoms with Crippen molar-refractivity contribution in [1.29, 1.82) is 0 Å². The Hall–Kier alpha value is -1.22. The van der Waals surface area contributed by atoms with Crippen molar-refractivity contribution in [1.82, 2.24) is 4.98 Å². The van der Waals surface area contributed by atoms with Gasteiger partial charge in [0.05, 0.1) is 11.9 Å². The van der Waals surface area contributed by atoms with Crippen LogP contribution in [0.5, 0.6) is 0 Å². The first kappa shape index (κ1) is 11.3. The monoisotopic (exact) mass is 221 g/mol. The molecule has 0 fully saturated rings. The lowest BCUT2D eigenvalue weighted by molar-refractivity contribution is 0.0866. The summed E-state index contributed by atoms with van der Waals surface area (Å²) in [6, 6.07) is 2.88. The van der Waals surface area contributed by atoms with Gasteiger partial charge in [-0.2, -0.15) is 0 Å². The first-order chi connectivity index (χ1) is 7.60. The van der Waals surface area contributed by atoms with E-state index in [-0.39, 0.29) is 5.82 Å². The molecule has 16 heavy (non-hydrogen) atoms. The van der Waals surface area contributed by atoms with E-state index in [0.29, 0.717) is 5.69 Å². The minimum atomic E-state index is -1.06. The number of aliphatic hydroxyl groups is 1. The van der Waals surface area contributed by atoms with Gasteiger partial charge in [-0.15, -0.1) is 0 Å². The highest BCUT2D eigenvalue weighted by Gasteiger charge is 2.29.